The average molecular weight is 462 g/mol. The molecule has 0 aliphatic carbocycles. The van der Waals surface area contributed by atoms with Crippen molar-refractivity contribution in [1.29, 1.82) is 0 Å². The SMILES string of the molecule is Cc1c2c(cc3c1O/C(=C\c1cccc(Cl)c1)C3=O)CN(Cc1ccc3c(c1)OCO3)CO2. The van der Waals surface area contributed by atoms with E-state index in [4.69, 9.17) is 30.5 Å². The number of ketones is 1. The van der Waals surface area contributed by atoms with Crippen molar-refractivity contribution in [2.75, 3.05) is 13.5 Å². The lowest BCUT2D eigenvalue weighted by atomic mass is 10.00. The van der Waals surface area contributed by atoms with Crippen LogP contribution in [-0.4, -0.2) is 24.2 Å². The zero-order valence-corrected chi connectivity index (χ0v) is 18.6. The van der Waals surface area contributed by atoms with E-state index in [0.29, 0.717) is 36.2 Å². The molecule has 0 bridgehead atoms. The molecule has 0 atom stereocenters. The first-order valence-corrected chi connectivity index (χ1v) is 11.0. The van der Waals surface area contributed by atoms with Crippen LogP contribution in [0.4, 0.5) is 0 Å². The summed E-state index contributed by atoms with van der Waals surface area (Å²) < 4.78 is 23.0. The van der Waals surface area contributed by atoms with E-state index in [0.717, 1.165) is 39.5 Å². The number of fused-ring (bicyclic) bond motifs is 3. The van der Waals surface area contributed by atoms with Gasteiger partial charge in [-0.2, -0.15) is 0 Å². The van der Waals surface area contributed by atoms with Gasteiger partial charge < -0.3 is 18.9 Å². The van der Waals surface area contributed by atoms with Gasteiger partial charge in [0, 0.05) is 29.2 Å². The quantitative estimate of drug-likeness (QED) is 0.490. The minimum absolute atomic E-state index is 0.135. The Kier molecular flexibility index (Phi) is 4.78. The number of carbonyl (C=O) groups is 1. The maximum atomic E-state index is 13.1. The highest BCUT2D eigenvalue weighted by Gasteiger charge is 2.33. The van der Waals surface area contributed by atoms with Crippen molar-refractivity contribution in [2.45, 2.75) is 20.0 Å². The maximum absolute atomic E-state index is 13.1. The molecule has 0 aromatic heterocycles. The molecule has 0 spiro atoms. The molecule has 0 radical (unpaired) electrons. The molecule has 0 saturated carbocycles. The summed E-state index contributed by atoms with van der Waals surface area (Å²) in [6.45, 7) is 3.99. The molecule has 0 N–H and O–H groups in total. The lowest BCUT2D eigenvalue weighted by Crippen LogP contribution is -2.32. The van der Waals surface area contributed by atoms with Crippen molar-refractivity contribution in [1.82, 2.24) is 4.90 Å². The van der Waals surface area contributed by atoms with Gasteiger partial charge in [0.15, 0.2) is 17.3 Å². The van der Waals surface area contributed by atoms with Crippen LogP contribution in [0.2, 0.25) is 5.02 Å². The van der Waals surface area contributed by atoms with Crippen LogP contribution < -0.4 is 18.9 Å². The first-order valence-electron chi connectivity index (χ1n) is 10.6. The number of hydrogen-bond donors (Lipinski definition) is 0. The van der Waals surface area contributed by atoms with Gasteiger partial charge in [0.05, 0.1) is 5.56 Å². The van der Waals surface area contributed by atoms with Gasteiger partial charge in [-0.25, -0.2) is 0 Å². The first kappa shape index (κ1) is 20.1. The Bertz CT molecular complexity index is 1330. The average Bonchev–Trinajstić information content (AvgIpc) is 3.39. The van der Waals surface area contributed by atoms with E-state index in [2.05, 4.69) is 4.90 Å². The minimum atomic E-state index is -0.135. The largest absolute Gasteiger partial charge is 0.477 e. The number of allylic oxidation sites excluding steroid dienone is 1. The summed E-state index contributed by atoms with van der Waals surface area (Å²) in [5.74, 6) is 3.04. The zero-order valence-electron chi connectivity index (χ0n) is 17.9. The summed E-state index contributed by atoms with van der Waals surface area (Å²) in [5, 5.41) is 0.606. The van der Waals surface area contributed by atoms with Crippen LogP contribution in [0.25, 0.3) is 6.08 Å². The number of carbonyl (C=O) groups excluding carboxylic acids is 1. The third-order valence-corrected chi connectivity index (χ3v) is 6.23. The number of rotatable bonds is 3. The normalized spacial score (nSPS) is 17.5. The number of ether oxygens (including phenoxy) is 4. The van der Waals surface area contributed by atoms with Crippen LogP contribution >= 0.6 is 11.6 Å². The third kappa shape index (κ3) is 3.61. The molecule has 0 amide bonds. The van der Waals surface area contributed by atoms with Crippen LogP contribution in [-0.2, 0) is 13.1 Å². The second-order valence-electron chi connectivity index (χ2n) is 8.31. The highest BCUT2D eigenvalue weighted by atomic mass is 35.5. The highest BCUT2D eigenvalue weighted by molar-refractivity contribution is 6.30. The van der Waals surface area contributed by atoms with E-state index in [1.807, 2.05) is 43.3 Å². The molecule has 3 aliphatic rings. The molecule has 3 aromatic rings. The Morgan fingerprint density at radius 2 is 1.91 bits per heavy atom. The third-order valence-electron chi connectivity index (χ3n) is 5.99. The fraction of sp³-hybridized carbons (Fsp3) is 0.192. The molecule has 166 valence electrons. The topological polar surface area (TPSA) is 57.2 Å². The van der Waals surface area contributed by atoms with E-state index in [9.17, 15) is 4.79 Å². The monoisotopic (exact) mass is 461 g/mol. The number of nitrogens with zero attached hydrogens (tertiary/aromatic N) is 1. The Labute approximate surface area is 195 Å². The van der Waals surface area contributed by atoms with E-state index in [1.54, 1.807) is 18.2 Å². The second-order valence-corrected chi connectivity index (χ2v) is 8.75. The van der Waals surface area contributed by atoms with Crippen LogP contribution in [0.15, 0.2) is 54.3 Å². The predicted octanol–water partition coefficient (Wildman–Crippen LogP) is 5.35. The van der Waals surface area contributed by atoms with Gasteiger partial charge in [-0.05, 0) is 54.5 Å². The molecule has 7 heteroatoms. The van der Waals surface area contributed by atoms with Crippen molar-refractivity contribution in [3.63, 3.8) is 0 Å². The van der Waals surface area contributed by atoms with Gasteiger partial charge in [0.2, 0.25) is 12.6 Å². The van der Waals surface area contributed by atoms with E-state index in [-0.39, 0.29) is 18.3 Å². The molecule has 3 aliphatic heterocycles. The standard InChI is InChI=1S/C26H20ClNO5/c1-15-25-18(12-28(13-30-25)11-17-5-6-21-22(9-17)32-14-31-21)10-20-24(29)23(33-26(15)20)8-16-3-2-4-19(27)7-16/h2-10H,11-14H2,1H3/b23-8-. The Morgan fingerprint density at radius 1 is 1.03 bits per heavy atom. The van der Waals surface area contributed by atoms with Crippen LogP contribution in [0, 0.1) is 6.92 Å². The molecule has 0 unspecified atom stereocenters. The second kappa shape index (κ2) is 7.83. The van der Waals surface area contributed by atoms with Gasteiger partial charge in [0.25, 0.3) is 0 Å². The Hall–Kier alpha value is -3.48. The summed E-state index contributed by atoms with van der Waals surface area (Å²) in [6.07, 6.45) is 1.72. The first-order chi connectivity index (χ1) is 16.0. The lowest BCUT2D eigenvalue weighted by molar-refractivity contribution is 0.0876. The number of Topliss-reactive ketones (excluding diaryl/α,β-unsaturated/α-hetero) is 1. The molecule has 0 fully saturated rings. The lowest BCUT2D eigenvalue weighted by Gasteiger charge is -2.30. The fourth-order valence-electron chi connectivity index (χ4n) is 4.44. The number of hydrogen-bond acceptors (Lipinski definition) is 6. The molecule has 3 aromatic carbocycles. The molecule has 6 nitrogen and oxygen atoms in total. The van der Waals surface area contributed by atoms with E-state index < -0.39 is 0 Å². The van der Waals surface area contributed by atoms with Crippen LogP contribution in [0.5, 0.6) is 23.0 Å². The van der Waals surface area contributed by atoms with E-state index in [1.165, 1.54) is 0 Å². The zero-order chi connectivity index (χ0) is 22.5. The molecule has 6 rings (SSSR count). The number of benzene rings is 3. The summed E-state index contributed by atoms with van der Waals surface area (Å²) in [4.78, 5) is 15.3. The molecular weight excluding hydrogens is 442 g/mol. The summed E-state index contributed by atoms with van der Waals surface area (Å²) in [7, 11) is 0. The van der Waals surface area contributed by atoms with Crippen molar-refractivity contribution >= 4 is 23.5 Å². The van der Waals surface area contributed by atoms with Crippen molar-refractivity contribution in [2.24, 2.45) is 0 Å². The van der Waals surface area contributed by atoms with Crippen molar-refractivity contribution in [3.05, 3.63) is 87.1 Å². The fourth-order valence-corrected chi connectivity index (χ4v) is 4.64. The summed E-state index contributed by atoms with van der Waals surface area (Å²) >= 11 is 6.08. The van der Waals surface area contributed by atoms with Gasteiger partial charge in [-0.1, -0.05) is 29.8 Å². The van der Waals surface area contributed by atoms with Crippen molar-refractivity contribution < 1.29 is 23.7 Å². The summed E-state index contributed by atoms with van der Waals surface area (Å²) in [6, 6.07) is 15.2. The minimum Gasteiger partial charge on any atom is -0.477 e. The molecule has 0 saturated heterocycles. The van der Waals surface area contributed by atoms with Gasteiger partial charge in [-0.15, -0.1) is 0 Å². The van der Waals surface area contributed by atoms with Gasteiger partial charge in [-0.3, -0.25) is 9.69 Å². The summed E-state index contributed by atoms with van der Waals surface area (Å²) in [5.41, 5.74) is 4.29. The van der Waals surface area contributed by atoms with Gasteiger partial charge >= 0.3 is 0 Å². The highest BCUT2D eigenvalue weighted by Crippen LogP contribution is 2.43. The van der Waals surface area contributed by atoms with Gasteiger partial charge in [0.1, 0.15) is 18.2 Å². The smallest absolute Gasteiger partial charge is 0.231 e. The van der Waals surface area contributed by atoms with Crippen LogP contribution in [0.3, 0.4) is 0 Å². The Balaban J connectivity index is 1.26. The molecule has 3 heterocycles. The number of halogens is 1. The Morgan fingerprint density at radius 3 is 2.79 bits per heavy atom. The van der Waals surface area contributed by atoms with Crippen LogP contribution in [0.1, 0.15) is 32.6 Å². The molecule has 33 heavy (non-hydrogen) atoms. The van der Waals surface area contributed by atoms with Crippen molar-refractivity contribution in [3.8, 4) is 23.0 Å². The van der Waals surface area contributed by atoms with E-state index >= 15 is 0 Å². The molecular formula is C26H20ClNO5. The maximum Gasteiger partial charge on any atom is 0.231 e. The predicted molar refractivity (Wildman–Crippen MR) is 123 cm³/mol.